The molecule has 0 aromatic carbocycles. The molecule has 0 saturated carbocycles. The summed E-state index contributed by atoms with van der Waals surface area (Å²) in [5.41, 5.74) is 0. The van der Waals surface area contributed by atoms with Crippen LogP contribution in [-0.2, 0) is 11.2 Å². The first kappa shape index (κ1) is 12.8. The minimum atomic E-state index is -0.183. The number of anilines is 1. The summed E-state index contributed by atoms with van der Waals surface area (Å²) in [7, 11) is 0. The van der Waals surface area contributed by atoms with Crippen LogP contribution in [0, 0.1) is 11.8 Å². The lowest BCUT2D eigenvalue weighted by molar-refractivity contribution is -0.115. The van der Waals surface area contributed by atoms with Gasteiger partial charge in [0.25, 0.3) is 0 Å². The Balaban J connectivity index is 1.93. The summed E-state index contributed by atoms with van der Waals surface area (Å²) >= 11 is 2.84. The molecule has 2 rings (SSSR count). The fourth-order valence-corrected chi connectivity index (χ4v) is 2.66. The molecule has 0 atom stereocenters. The van der Waals surface area contributed by atoms with Crippen LogP contribution in [0.1, 0.15) is 9.75 Å². The Morgan fingerprint density at radius 1 is 1.56 bits per heavy atom. The number of carbonyl (C=O) groups is 1. The number of aliphatic hydroxyl groups excluding tert-OH is 1. The van der Waals surface area contributed by atoms with Crippen molar-refractivity contribution in [2.45, 2.75) is 6.42 Å². The summed E-state index contributed by atoms with van der Waals surface area (Å²) in [6.45, 7) is -0.183. The van der Waals surface area contributed by atoms with Gasteiger partial charge >= 0.3 is 0 Å². The zero-order valence-electron chi connectivity index (χ0n) is 9.34. The number of nitrogens with zero attached hydrogens (tertiary/aromatic N) is 1. The van der Waals surface area contributed by atoms with Crippen LogP contribution < -0.4 is 5.32 Å². The van der Waals surface area contributed by atoms with Gasteiger partial charge in [-0.05, 0) is 11.4 Å². The number of hydrogen-bond donors (Lipinski definition) is 2. The van der Waals surface area contributed by atoms with Crippen molar-refractivity contribution in [3.8, 4) is 11.8 Å². The summed E-state index contributed by atoms with van der Waals surface area (Å²) < 4.78 is 0. The SMILES string of the molecule is O=C(Cc1cccs1)Nc1ncc(C#CCO)s1. The predicted molar refractivity (Wildman–Crippen MR) is 72.7 cm³/mol. The highest BCUT2D eigenvalue weighted by molar-refractivity contribution is 7.16. The van der Waals surface area contributed by atoms with Crippen molar-refractivity contribution in [1.29, 1.82) is 0 Å². The number of aliphatic hydroxyl groups is 1. The van der Waals surface area contributed by atoms with E-state index in [9.17, 15) is 4.79 Å². The van der Waals surface area contributed by atoms with E-state index >= 15 is 0 Å². The molecule has 2 aromatic rings. The topological polar surface area (TPSA) is 62.2 Å². The lowest BCUT2D eigenvalue weighted by atomic mass is 10.3. The summed E-state index contributed by atoms with van der Waals surface area (Å²) in [6, 6.07) is 3.84. The maximum atomic E-state index is 11.7. The molecule has 0 aliphatic carbocycles. The highest BCUT2D eigenvalue weighted by Gasteiger charge is 2.07. The Hall–Kier alpha value is -1.68. The number of nitrogens with one attached hydrogen (secondary N) is 1. The molecule has 0 fully saturated rings. The van der Waals surface area contributed by atoms with Gasteiger partial charge in [0.15, 0.2) is 5.13 Å². The smallest absolute Gasteiger partial charge is 0.231 e. The van der Waals surface area contributed by atoms with Crippen LogP contribution >= 0.6 is 22.7 Å². The maximum Gasteiger partial charge on any atom is 0.231 e. The second-order valence-electron chi connectivity index (χ2n) is 3.29. The molecular formula is C12H10N2O2S2. The first-order chi connectivity index (χ1) is 8.78. The zero-order chi connectivity index (χ0) is 12.8. The molecule has 0 radical (unpaired) electrons. The Morgan fingerprint density at radius 2 is 2.44 bits per heavy atom. The summed E-state index contributed by atoms with van der Waals surface area (Å²) in [6.07, 6.45) is 1.93. The number of hydrogen-bond acceptors (Lipinski definition) is 5. The normalized spacial score (nSPS) is 9.61. The highest BCUT2D eigenvalue weighted by atomic mass is 32.1. The van der Waals surface area contributed by atoms with Crippen LogP contribution in [0.2, 0.25) is 0 Å². The van der Waals surface area contributed by atoms with Crippen LogP contribution in [-0.4, -0.2) is 22.6 Å². The summed E-state index contributed by atoms with van der Waals surface area (Å²) in [5, 5.41) is 13.8. The third-order valence-electron chi connectivity index (χ3n) is 1.96. The lowest BCUT2D eigenvalue weighted by Crippen LogP contribution is -2.13. The van der Waals surface area contributed by atoms with Crippen LogP contribution in [0.25, 0.3) is 0 Å². The summed E-state index contributed by atoms with van der Waals surface area (Å²) in [5.74, 6) is 5.18. The number of thiazole rings is 1. The van der Waals surface area contributed by atoms with Gasteiger partial charge in [0.05, 0.1) is 17.5 Å². The average molecular weight is 278 g/mol. The molecule has 92 valence electrons. The van der Waals surface area contributed by atoms with Gasteiger partial charge in [0.1, 0.15) is 6.61 Å². The fourth-order valence-electron chi connectivity index (χ4n) is 1.25. The van der Waals surface area contributed by atoms with Gasteiger partial charge in [0, 0.05) is 4.88 Å². The number of amides is 1. The molecule has 0 unspecified atom stereocenters. The van der Waals surface area contributed by atoms with Crippen LogP contribution in [0.4, 0.5) is 5.13 Å². The monoisotopic (exact) mass is 278 g/mol. The standard InChI is InChI=1S/C12H10N2O2S2/c15-5-1-3-10-8-13-12(18-10)14-11(16)7-9-4-2-6-17-9/h2,4,6,8,15H,5,7H2,(H,13,14,16). The van der Waals surface area contributed by atoms with E-state index in [4.69, 9.17) is 5.11 Å². The zero-order valence-corrected chi connectivity index (χ0v) is 11.0. The van der Waals surface area contributed by atoms with Crippen molar-refractivity contribution in [3.63, 3.8) is 0 Å². The Morgan fingerprint density at radius 3 is 3.17 bits per heavy atom. The van der Waals surface area contributed by atoms with Gasteiger partial charge < -0.3 is 10.4 Å². The molecule has 2 N–H and O–H groups in total. The van der Waals surface area contributed by atoms with E-state index < -0.39 is 0 Å². The molecular weight excluding hydrogens is 268 g/mol. The van der Waals surface area contributed by atoms with Crippen LogP contribution in [0.15, 0.2) is 23.7 Å². The van der Waals surface area contributed by atoms with Crippen molar-refractivity contribution in [2.24, 2.45) is 0 Å². The molecule has 6 heteroatoms. The highest BCUT2D eigenvalue weighted by Crippen LogP contribution is 2.17. The van der Waals surface area contributed by atoms with Crippen LogP contribution in [0.5, 0.6) is 0 Å². The van der Waals surface area contributed by atoms with E-state index in [0.29, 0.717) is 11.6 Å². The first-order valence-electron chi connectivity index (χ1n) is 5.15. The Bertz CT molecular complexity index is 579. The van der Waals surface area contributed by atoms with E-state index in [1.165, 1.54) is 11.3 Å². The molecule has 1 amide bonds. The number of rotatable bonds is 3. The van der Waals surface area contributed by atoms with Gasteiger partial charge in [-0.2, -0.15) is 0 Å². The molecule has 0 spiro atoms. The second-order valence-corrected chi connectivity index (χ2v) is 5.36. The quantitative estimate of drug-likeness (QED) is 0.841. The average Bonchev–Trinajstić information content (AvgIpc) is 2.98. The second kappa shape index (κ2) is 6.31. The molecule has 0 aliphatic heterocycles. The van der Waals surface area contributed by atoms with Crippen molar-refractivity contribution in [2.75, 3.05) is 11.9 Å². The first-order valence-corrected chi connectivity index (χ1v) is 6.85. The van der Waals surface area contributed by atoms with E-state index in [1.807, 2.05) is 17.5 Å². The number of thiophene rings is 1. The minimum Gasteiger partial charge on any atom is -0.384 e. The molecule has 4 nitrogen and oxygen atoms in total. The van der Waals surface area contributed by atoms with Gasteiger partial charge in [-0.1, -0.05) is 29.2 Å². The number of carbonyl (C=O) groups excluding carboxylic acids is 1. The van der Waals surface area contributed by atoms with Gasteiger partial charge in [-0.15, -0.1) is 11.3 Å². The van der Waals surface area contributed by atoms with Crippen molar-refractivity contribution in [3.05, 3.63) is 33.5 Å². The van der Waals surface area contributed by atoms with E-state index in [2.05, 4.69) is 22.1 Å². The third kappa shape index (κ3) is 3.67. The van der Waals surface area contributed by atoms with E-state index in [-0.39, 0.29) is 12.5 Å². The van der Waals surface area contributed by atoms with Crippen LogP contribution in [0.3, 0.4) is 0 Å². The maximum absolute atomic E-state index is 11.7. The molecule has 2 aromatic heterocycles. The van der Waals surface area contributed by atoms with Crippen molar-refractivity contribution >= 4 is 33.7 Å². The molecule has 0 saturated heterocycles. The Labute approximate surface area is 112 Å². The molecule has 2 heterocycles. The minimum absolute atomic E-state index is 0.0894. The summed E-state index contributed by atoms with van der Waals surface area (Å²) in [4.78, 5) is 17.5. The molecule has 0 bridgehead atoms. The molecule has 0 aliphatic rings. The van der Waals surface area contributed by atoms with E-state index in [0.717, 1.165) is 9.75 Å². The third-order valence-corrected chi connectivity index (χ3v) is 3.66. The van der Waals surface area contributed by atoms with Crippen molar-refractivity contribution in [1.82, 2.24) is 4.98 Å². The van der Waals surface area contributed by atoms with E-state index in [1.54, 1.807) is 17.5 Å². The van der Waals surface area contributed by atoms with Gasteiger partial charge in [-0.3, -0.25) is 4.79 Å². The Kier molecular flexibility index (Phi) is 4.47. The largest absolute Gasteiger partial charge is 0.384 e. The molecule has 18 heavy (non-hydrogen) atoms. The van der Waals surface area contributed by atoms with Crippen molar-refractivity contribution < 1.29 is 9.90 Å². The predicted octanol–water partition coefficient (Wildman–Crippen LogP) is 1.73. The van der Waals surface area contributed by atoms with Gasteiger partial charge in [0.2, 0.25) is 5.91 Å². The number of aromatic nitrogens is 1. The van der Waals surface area contributed by atoms with Gasteiger partial charge in [-0.25, -0.2) is 4.98 Å². The lowest BCUT2D eigenvalue weighted by Gasteiger charge is -1.98. The fraction of sp³-hybridized carbons (Fsp3) is 0.167.